The molecule has 4 saturated heterocycles. The van der Waals surface area contributed by atoms with Gasteiger partial charge in [0, 0.05) is 150 Å². The third-order valence-electron chi connectivity index (χ3n) is 17.7. The van der Waals surface area contributed by atoms with Gasteiger partial charge in [-0.2, -0.15) is 0 Å². The van der Waals surface area contributed by atoms with Crippen LogP contribution in [0.15, 0.2) is 193 Å². The van der Waals surface area contributed by atoms with Gasteiger partial charge in [0.15, 0.2) is 0 Å². The molecule has 5 aliphatic rings. The van der Waals surface area contributed by atoms with Crippen LogP contribution in [0.2, 0.25) is 0 Å². The van der Waals surface area contributed by atoms with E-state index in [0.29, 0.717) is 30.7 Å². The summed E-state index contributed by atoms with van der Waals surface area (Å²) in [5.41, 5.74) is 15.2. The topological polar surface area (TPSA) is 167 Å². The summed E-state index contributed by atoms with van der Waals surface area (Å²) in [5.74, 6) is 1.50. The molecule has 0 bridgehead atoms. The zero-order chi connectivity index (χ0) is 64.9. The van der Waals surface area contributed by atoms with Crippen molar-refractivity contribution < 1.29 is 18.7 Å². The normalized spacial score (nSPS) is 17.4. The van der Waals surface area contributed by atoms with Crippen molar-refractivity contribution in [2.45, 2.75) is 137 Å². The third kappa shape index (κ3) is 24.2. The molecule has 93 heavy (non-hydrogen) atoms. The lowest BCUT2D eigenvalue weighted by Gasteiger charge is -2.38. The molecule has 8 aromatic rings. The molecule has 494 valence electrons. The number of aromatic nitrogens is 5. The molecule has 2 N–H and O–H groups in total. The van der Waals surface area contributed by atoms with Gasteiger partial charge in [0.2, 0.25) is 0 Å². The number of aryl methyl sites for hydroxylation is 5. The molecule has 0 saturated carbocycles. The average molecular weight is 1340 g/mol. The van der Waals surface area contributed by atoms with Gasteiger partial charge < -0.3 is 15.0 Å². The van der Waals surface area contributed by atoms with Crippen LogP contribution in [0, 0.1) is 34.6 Å². The first-order valence-corrected chi connectivity index (χ1v) is 34.5. The smallest absolute Gasteiger partial charge is 0.135 e. The van der Waals surface area contributed by atoms with Crippen LogP contribution in [0.25, 0.3) is 5.57 Å². The van der Waals surface area contributed by atoms with Crippen molar-refractivity contribution in [2.75, 3.05) is 65.4 Å². The molecule has 16 heteroatoms. The zero-order valence-corrected chi connectivity index (χ0v) is 57.0. The molecule has 0 aliphatic carbocycles. The van der Waals surface area contributed by atoms with Gasteiger partial charge in [-0.25, -0.2) is 9.29 Å². The summed E-state index contributed by atoms with van der Waals surface area (Å²) in [6.07, 6.45) is 19.7. The number of carbonyl (C=O) groups excluding carboxylic acids is 1. The molecule has 1 unspecified atom stereocenters. The molecular formula is C77H98BrN10O4S-. The van der Waals surface area contributed by atoms with Crippen molar-refractivity contribution in [3.8, 4) is 0 Å². The molecule has 0 radical (unpaired) electrons. The van der Waals surface area contributed by atoms with Crippen molar-refractivity contribution in [1.29, 1.82) is 0 Å². The Hall–Kier alpha value is -6.83. The summed E-state index contributed by atoms with van der Waals surface area (Å²) < 4.78 is 24.0. The molecule has 3 aromatic carbocycles. The number of hydrogen-bond acceptors (Lipinski definition) is 13. The van der Waals surface area contributed by atoms with Gasteiger partial charge in [-0.15, -0.1) is 0 Å². The van der Waals surface area contributed by atoms with E-state index in [1.54, 1.807) is 18.6 Å². The number of hydrogen-bond donors (Lipinski definition) is 2. The molecule has 0 spiro atoms. The highest BCUT2D eigenvalue weighted by Crippen LogP contribution is 2.34. The second-order valence-electron chi connectivity index (χ2n) is 24.6. The predicted molar refractivity (Wildman–Crippen MR) is 382 cm³/mol. The van der Waals surface area contributed by atoms with E-state index in [4.69, 9.17) is 0 Å². The average Bonchev–Trinajstić information content (AvgIpc) is 0.878. The van der Waals surface area contributed by atoms with E-state index < -0.39 is 16.9 Å². The summed E-state index contributed by atoms with van der Waals surface area (Å²) >= 11 is 1.22. The Bertz CT molecular complexity index is 3500. The number of pyridine rings is 5. The maximum atomic E-state index is 11.0. The van der Waals surface area contributed by atoms with E-state index in [-0.39, 0.29) is 7.43 Å². The Kier molecular flexibility index (Phi) is 31.0. The van der Waals surface area contributed by atoms with E-state index in [1.807, 2.05) is 80.8 Å². The summed E-state index contributed by atoms with van der Waals surface area (Å²) in [7, 11) is 0. The maximum absolute atomic E-state index is 11.0. The van der Waals surface area contributed by atoms with Crippen molar-refractivity contribution in [1.82, 2.24) is 49.2 Å². The first kappa shape index (κ1) is 73.6. The van der Waals surface area contributed by atoms with Gasteiger partial charge in [-0.3, -0.25) is 43.6 Å². The van der Waals surface area contributed by atoms with Gasteiger partial charge in [-0.1, -0.05) is 135 Å². The van der Waals surface area contributed by atoms with Crippen LogP contribution in [0.4, 0.5) is 0 Å². The number of likely N-dealkylation sites (tertiary alicyclic amines) is 2. The molecule has 13 rings (SSSR count). The molecule has 5 aliphatic heterocycles. The highest BCUT2D eigenvalue weighted by Gasteiger charge is 2.36. The van der Waals surface area contributed by atoms with E-state index in [9.17, 15) is 18.7 Å². The molecule has 0 amide bonds. The number of Topliss-reactive ketones (excluding diaryl/α,β-unsaturated/α-hetero) is 1. The minimum Gasteiger partial charge on any atom is -0.760 e. The number of rotatable bonds is 11. The maximum Gasteiger partial charge on any atom is 0.135 e. The standard InChI is InChI=1S/C18H22N2O.C18H20N2.C12H15NO.C11H16N2O2S.C11H16N2.C6H6BrN.CH4/c1-15-6-5-11-19-17(15)18(21)9-12-20(13-10-18)14-16-7-3-2-4-8-16;1-15-6-5-11-19-18(15)17-9-12-20(13-10-17)14-16-7-3-2-4-8-16;14-12-6-8-13(9-7-12)10-11-4-2-1-3-5-11;1-9-3-2-6-12-11(9)10-4-7-13(8-5-10)16(14)15;1-9-3-2-6-13-11(9)10-4-7-12-8-5-10;1-5-3-2-4-8-6(5)7;/h2-8,11,21H,9-10,12-14H2,1H3;2-9,11H,10,12-14H2,1H3;1-5H,6-10H2;2-3,6,10H,4-5,7-8H2,1H3,(H,14,15);2-3,6,10,12H,4-5,7-8H2,1H3;2-4H,1H3;1H4/p-1. The summed E-state index contributed by atoms with van der Waals surface area (Å²) in [5, 5.41) is 14.3. The van der Waals surface area contributed by atoms with E-state index in [1.165, 1.54) is 73.1 Å². The fourth-order valence-corrected chi connectivity index (χ4v) is 13.1. The lowest BCUT2D eigenvalue weighted by molar-refractivity contribution is -0.121. The van der Waals surface area contributed by atoms with Crippen molar-refractivity contribution >= 4 is 38.6 Å². The lowest BCUT2D eigenvalue weighted by atomic mass is 9.85. The molecule has 4 fully saturated rings. The van der Waals surface area contributed by atoms with Gasteiger partial charge >= 0.3 is 0 Å². The summed E-state index contributed by atoms with van der Waals surface area (Å²) in [6, 6.07) is 51.8. The highest BCUT2D eigenvalue weighted by atomic mass is 79.9. The fraction of sp³-hybridized carbons (Fsp3) is 0.403. The van der Waals surface area contributed by atoms with Crippen LogP contribution in [0.5, 0.6) is 0 Å². The quantitative estimate of drug-likeness (QED) is 0.0928. The van der Waals surface area contributed by atoms with Crippen LogP contribution >= 0.6 is 15.9 Å². The summed E-state index contributed by atoms with van der Waals surface area (Å²) in [4.78, 5) is 40.1. The number of benzene rings is 3. The fourth-order valence-electron chi connectivity index (χ4n) is 12.4. The highest BCUT2D eigenvalue weighted by molar-refractivity contribution is 9.10. The minimum atomic E-state index is -2.07. The Labute approximate surface area is 566 Å². The van der Waals surface area contributed by atoms with Crippen LogP contribution in [0.1, 0.15) is 144 Å². The second-order valence-corrected chi connectivity index (χ2v) is 26.3. The second kappa shape index (κ2) is 39.1. The van der Waals surface area contributed by atoms with E-state index in [2.05, 4.69) is 185 Å². The van der Waals surface area contributed by atoms with E-state index in [0.717, 1.165) is 138 Å². The monoisotopic (exact) mass is 1340 g/mol. The number of halogens is 1. The molecule has 1 atom stereocenters. The number of nitrogens with zero attached hydrogens (tertiary/aromatic N) is 9. The Morgan fingerprint density at radius 1 is 0.516 bits per heavy atom. The minimum absolute atomic E-state index is 0. The van der Waals surface area contributed by atoms with Crippen LogP contribution in [0.3, 0.4) is 0 Å². The molecule has 10 heterocycles. The number of ketones is 1. The van der Waals surface area contributed by atoms with Crippen LogP contribution in [-0.4, -0.2) is 129 Å². The number of nitrogens with one attached hydrogen (secondary N) is 1. The zero-order valence-electron chi connectivity index (χ0n) is 54.6. The van der Waals surface area contributed by atoms with E-state index >= 15 is 0 Å². The third-order valence-corrected chi connectivity index (χ3v) is 19.3. The largest absolute Gasteiger partial charge is 0.760 e. The van der Waals surface area contributed by atoms with Gasteiger partial charge in [0.1, 0.15) is 16.0 Å². The summed E-state index contributed by atoms with van der Waals surface area (Å²) in [6.45, 7) is 22.6. The number of piperidine rings is 4. The van der Waals surface area contributed by atoms with Gasteiger partial charge in [0.05, 0.1) is 11.4 Å². The van der Waals surface area contributed by atoms with Gasteiger partial charge in [-0.05, 0) is 189 Å². The first-order chi connectivity index (χ1) is 44.7. The first-order valence-electron chi connectivity index (χ1n) is 32.7. The molecular weight excluding hydrogens is 1240 g/mol. The SMILES string of the molecule is C.Cc1cccnc1Br.Cc1cccnc1C1(O)CCN(Cc2ccccc2)CC1.Cc1cccnc1C1=CCN(Cc2ccccc2)CC1.Cc1cccnc1C1CCN(S(=O)[O-])CC1.Cc1cccnc1C1CCNCC1.O=C1CCN(Cc2ccccc2)CC1. The van der Waals surface area contributed by atoms with Crippen molar-refractivity contribution in [3.05, 3.63) is 261 Å². The number of carbonyl (C=O) groups is 1. The van der Waals surface area contributed by atoms with Gasteiger partial charge in [0.25, 0.3) is 0 Å². The Balaban J connectivity index is 0.000000161. The molecule has 5 aromatic heterocycles. The Morgan fingerprint density at radius 3 is 1.39 bits per heavy atom. The lowest BCUT2D eigenvalue weighted by Crippen LogP contribution is -2.43. The van der Waals surface area contributed by atoms with Crippen molar-refractivity contribution in [2.24, 2.45) is 0 Å². The van der Waals surface area contributed by atoms with Crippen molar-refractivity contribution in [3.63, 3.8) is 0 Å². The number of aliphatic hydroxyl groups is 1. The van der Waals surface area contributed by atoms with Crippen LogP contribution in [-0.2, 0) is 41.3 Å². The van der Waals surface area contributed by atoms with Crippen LogP contribution < -0.4 is 5.32 Å². The Morgan fingerprint density at radius 2 is 0.946 bits per heavy atom. The predicted octanol–water partition coefficient (Wildman–Crippen LogP) is 14.4. The molecule has 14 nitrogen and oxygen atoms in total.